The number of aromatic nitrogens is 2. The van der Waals surface area contributed by atoms with Crippen LogP contribution in [0.5, 0.6) is 5.75 Å². The van der Waals surface area contributed by atoms with E-state index >= 15 is 0 Å². The summed E-state index contributed by atoms with van der Waals surface area (Å²) in [5.74, 6) is 0.713. The second kappa shape index (κ2) is 15.3. The van der Waals surface area contributed by atoms with Crippen LogP contribution in [0.15, 0.2) is 22.7 Å². The molecule has 9 heteroatoms. The largest absolute Gasteiger partial charge is 0.493 e. The van der Waals surface area contributed by atoms with E-state index < -0.39 is 11.7 Å². The molecule has 0 fully saturated rings. The van der Waals surface area contributed by atoms with E-state index in [2.05, 4.69) is 24.0 Å². The van der Waals surface area contributed by atoms with Gasteiger partial charge < -0.3 is 15.0 Å². The number of nitrogens with one attached hydrogen (secondary N) is 1. The summed E-state index contributed by atoms with van der Waals surface area (Å²) in [7, 11) is 0. The van der Waals surface area contributed by atoms with E-state index in [9.17, 15) is 13.2 Å². The zero-order valence-corrected chi connectivity index (χ0v) is 20.8. The van der Waals surface area contributed by atoms with Crippen molar-refractivity contribution < 1.29 is 22.4 Å². The first-order valence-electron chi connectivity index (χ1n) is 12.1. The van der Waals surface area contributed by atoms with Gasteiger partial charge in [0.1, 0.15) is 5.75 Å². The summed E-state index contributed by atoms with van der Waals surface area (Å²) in [5.41, 5.74) is 4.16. The second-order valence-corrected chi connectivity index (χ2v) is 8.51. The Morgan fingerprint density at radius 3 is 2.32 bits per heavy atom. The lowest BCUT2D eigenvalue weighted by Crippen LogP contribution is -2.10. The molecule has 0 saturated heterocycles. The lowest BCUT2D eigenvalue weighted by atomic mass is 10.0. The highest BCUT2D eigenvalue weighted by molar-refractivity contribution is 5.73. The Balaban J connectivity index is 0.00000133. The van der Waals surface area contributed by atoms with Gasteiger partial charge in [0.15, 0.2) is 0 Å². The first-order valence-corrected chi connectivity index (χ1v) is 12.1. The van der Waals surface area contributed by atoms with Crippen LogP contribution in [0.2, 0.25) is 0 Å². The molecule has 192 valence electrons. The smallest absolute Gasteiger partial charge is 0.419 e. The monoisotopic (exact) mass is 484 g/mol. The first-order chi connectivity index (χ1) is 16.1. The highest BCUT2D eigenvalue weighted by Gasteiger charge is 2.35. The molecule has 0 saturated carbocycles. The van der Waals surface area contributed by atoms with E-state index in [-0.39, 0.29) is 35.5 Å². The van der Waals surface area contributed by atoms with Gasteiger partial charge in [0, 0.05) is 11.5 Å². The van der Waals surface area contributed by atoms with E-state index in [0.29, 0.717) is 5.89 Å². The molecule has 0 radical (unpaired) electrons. The van der Waals surface area contributed by atoms with Crippen molar-refractivity contribution in [2.75, 3.05) is 6.61 Å². The Kier molecular flexibility index (Phi) is 13.3. The molecule has 0 aliphatic rings. The maximum Gasteiger partial charge on any atom is 0.419 e. The van der Waals surface area contributed by atoms with Gasteiger partial charge >= 0.3 is 6.18 Å². The van der Waals surface area contributed by atoms with Crippen LogP contribution in [-0.4, -0.2) is 22.6 Å². The van der Waals surface area contributed by atoms with E-state index in [0.717, 1.165) is 57.4 Å². The molecule has 0 bridgehead atoms. The van der Waals surface area contributed by atoms with Gasteiger partial charge in [0.05, 0.1) is 18.0 Å². The van der Waals surface area contributed by atoms with Crippen molar-refractivity contribution in [3.05, 3.63) is 29.7 Å². The number of amidine groups is 1. The van der Waals surface area contributed by atoms with Crippen LogP contribution in [0.4, 0.5) is 13.2 Å². The van der Waals surface area contributed by atoms with Crippen LogP contribution in [0, 0.1) is 5.41 Å². The number of nitrogens with two attached hydrogens (primary N) is 1. The van der Waals surface area contributed by atoms with Gasteiger partial charge in [-0.3, -0.25) is 5.41 Å². The average molecular weight is 485 g/mol. The molecule has 3 N–H and O–H groups in total. The van der Waals surface area contributed by atoms with Gasteiger partial charge in [0.25, 0.3) is 0 Å². The van der Waals surface area contributed by atoms with E-state index in [1.807, 2.05) is 6.92 Å². The third-order valence-electron chi connectivity index (χ3n) is 5.15. The van der Waals surface area contributed by atoms with Gasteiger partial charge in [0.2, 0.25) is 11.7 Å². The molecule has 0 amide bonds. The molecule has 1 heterocycles. The minimum absolute atomic E-state index is 0.0771. The fourth-order valence-corrected chi connectivity index (χ4v) is 3.27. The predicted molar refractivity (Wildman–Crippen MR) is 129 cm³/mol. The Hall–Kier alpha value is -2.58. The minimum Gasteiger partial charge on any atom is -0.493 e. The van der Waals surface area contributed by atoms with Crippen molar-refractivity contribution in [2.24, 2.45) is 5.73 Å². The Morgan fingerprint density at radius 2 is 1.71 bits per heavy atom. The highest BCUT2D eigenvalue weighted by atomic mass is 19.4. The number of hydrogen-bond acceptors (Lipinski definition) is 5. The molecule has 6 nitrogen and oxygen atoms in total. The maximum absolute atomic E-state index is 13.6. The summed E-state index contributed by atoms with van der Waals surface area (Å²) in [6.07, 6.45) is 4.76. The molecule has 0 aliphatic heterocycles. The van der Waals surface area contributed by atoms with Crippen molar-refractivity contribution in [2.45, 2.75) is 97.6 Å². The number of ether oxygens (including phenoxy) is 1. The van der Waals surface area contributed by atoms with Crippen LogP contribution >= 0.6 is 0 Å². The molecule has 1 aromatic carbocycles. The number of hydrogen-bond donors (Lipinski definition) is 2. The quantitative estimate of drug-likeness (QED) is 0.172. The van der Waals surface area contributed by atoms with Crippen LogP contribution in [0.25, 0.3) is 11.4 Å². The number of rotatable bonds is 13. The Labute approximate surface area is 201 Å². The zero-order valence-electron chi connectivity index (χ0n) is 20.8. The molecule has 0 spiro atoms. The van der Waals surface area contributed by atoms with E-state index in [1.165, 1.54) is 19.4 Å². The van der Waals surface area contributed by atoms with Crippen LogP contribution < -0.4 is 10.5 Å². The second-order valence-electron chi connectivity index (χ2n) is 8.51. The lowest BCUT2D eigenvalue weighted by Gasteiger charge is -2.14. The minimum atomic E-state index is -4.52. The van der Waals surface area contributed by atoms with Gasteiger partial charge in [-0.2, -0.15) is 18.2 Å². The summed E-state index contributed by atoms with van der Waals surface area (Å²) in [4.78, 5) is 4.31. The van der Waals surface area contributed by atoms with Crippen LogP contribution in [0.1, 0.15) is 103 Å². The normalized spacial score (nSPS) is 12.1. The fraction of sp³-hybridized carbons (Fsp3) is 0.640. The van der Waals surface area contributed by atoms with Gasteiger partial charge in [-0.05, 0) is 38.0 Å². The average Bonchev–Trinajstić information content (AvgIpc) is 3.26. The van der Waals surface area contributed by atoms with Gasteiger partial charge in [-0.25, -0.2) is 0 Å². The van der Waals surface area contributed by atoms with Crippen LogP contribution in [0.3, 0.4) is 0 Å². The summed E-state index contributed by atoms with van der Waals surface area (Å²) in [6.45, 7) is 8.03. The summed E-state index contributed by atoms with van der Waals surface area (Å²) in [6, 6.07) is 3.95. The molecule has 2 rings (SSSR count). The molecule has 0 aliphatic carbocycles. The number of benzene rings is 1. The molecule has 2 aromatic rings. The van der Waals surface area contributed by atoms with Crippen molar-refractivity contribution in [3.63, 3.8) is 0 Å². The summed E-state index contributed by atoms with van der Waals surface area (Å²) < 4.78 is 51.5. The molecule has 34 heavy (non-hydrogen) atoms. The van der Waals surface area contributed by atoms with Crippen molar-refractivity contribution in [1.82, 2.24) is 10.1 Å². The third kappa shape index (κ3) is 11.0. The fourth-order valence-electron chi connectivity index (χ4n) is 3.27. The molecule has 1 atom stereocenters. The standard InChI is InChI=1S/C23H33F3N2O2.C2H6N2/c1-4-6-8-9-10-11-15-29-20-14-13-18(16-19(20)23(24,25)26)21-27-22(30-28-21)17(3)12-7-5-2;1-2(3)4/h13-14,16-17H,4-12,15H2,1-3H3;1H3,(H3,3,4)/t17-;/m0./s1. The lowest BCUT2D eigenvalue weighted by molar-refractivity contribution is -0.138. The first kappa shape index (κ1) is 29.5. The summed E-state index contributed by atoms with van der Waals surface area (Å²) in [5, 5.41) is 10.2. The molecular formula is C25H39F3N4O2. The van der Waals surface area contributed by atoms with E-state index in [4.69, 9.17) is 20.4 Å². The SMILES string of the molecule is CC(=N)N.CCCCCCCCOc1ccc(-c2noc([C@@H](C)CCCC)n2)cc1C(F)(F)F. The zero-order chi connectivity index (χ0) is 25.6. The third-order valence-corrected chi connectivity index (χ3v) is 5.15. The van der Waals surface area contributed by atoms with Crippen molar-refractivity contribution in [3.8, 4) is 17.1 Å². The Bertz CT molecular complexity index is 849. The maximum atomic E-state index is 13.6. The van der Waals surface area contributed by atoms with Gasteiger partial charge in [-0.1, -0.05) is 70.9 Å². The number of halogens is 3. The topological polar surface area (TPSA) is 98.0 Å². The molecular weight excluding hydrogens is 445 g/mol. The van der Waals surface area contributed by atoms with E-state index in [1.54, 1.807) is 6.07 Å². The Morgan fingerprint density at radius 1 is 1.09 bits per heavy atom. The van der Waals surface area contributed by atoms with Crippen molar-refractivity contribution >= 4 is 5.84 Å². The highest BCUT2D eigenvalue weighted by Crippen LogP contribution is 2.38. The summed E-state index contributed by atoms with van der Waals surface area (Å²) >= 11 is 0. The molecule has 0 unspecified atom stereocenters. The number of alkyl halides is 3. The van der Waals surface area contributed by atoms with Gasteiger partial charge in [-0.15, -0.1) is 0 Å². The predicted octanol–water partition coefficient (Wildman–Crippen LogP) is 7.73. The number of nitrogens with zero attached hydrogens (tertiary/aromatic N) is 2. The molecule has 1 aromatic heterocycles. The number of unbranched alkanes of at least 4 members (excludes halogenated alkanes) is 6. The van der Waals surface area contributed by atoms with Crippen molar-refractivity contribution in [1.29, 1.82) is 5.41 Å². The van der Waals surface area contributed by atoms with Crippen LogP contribution in [-0.2, 0) is 6.18 Å².